The van der Waals surface area contributed by atoms with Gasteiger partial charge in [0.05, 0.1) is 19.3 Å². The summed E-state index contributed by atoms with van der Waals surface area (Å²) in [6, 6.07) is 9.21. The van der Waals surface area contributed by atoms with Crippen molar-refractivity contribution in [3.05, 3.63) is 29.8 Å². The van der Waals surface area contributed by atoms with E-state index in [-0.39, 0.29) is 0 Å². The van der Waals surface area contributed by atoms with Crippen molar-refractivity contribution in [2.24, 2.45) is 0 Å². The van der Waals surface area contributed by atoms with E-state index in [1.807, 2.05) is 11.8 Å². The van der Waals surface area contributed by atoms with Crippen LogP contribution in [-0.2, 0) is 9.47 Å². The van der Waals surface area contributed by atoms with Crippen molar-refractivity contribution in [1.29, 1.82) is 0 Å². The highest BCUT2D eigenvalue weighted by molar-refractivity contribution is 7.99. The second-order valence-corrected chi connectivity index (χ2v) is 6.53. The molecule has 0 spiro atoms. The zero-order valence-corrected chi connectivity index (χ0v) is 12.7. The fourth-order valence-corrected chi connectivity index (χ4v) is 3.98. The van der Waals surface area contributed by atoms with Gasteiger partial charge in [-0.05, 0) is 36.6 Å². The van der Waals surface area contributed by atoms with Gasteiger partial charge in [0, 0.05) is 24.1 Å². The van der Waals surface area contributed by atoms with Crippen LogP contribution in [0.3, 0.4) is 0 Å². The zero-order chi connectivity index (χ0) is 13.6. The molecule has 1 saturated heterocycles. The maximum atomic E-state index is 5.70. The van der Waals surface area contributed by atoms with E-state index in [1.54, 1.807) is 0 Å². The number of rotatable bonds is 6. The van der Waals surface area contributed by atoms with E-state index in [0.717, 1.165) is 32.8 Å². The molecular formula is C16H23NO2S. The van der Waals surface area contributed by atoms with Crippen LogP contribution in [0.25, 0.3) is 0 Å². The van der Waals surface area contributed by atoms with E-state index in [4.69, 9.17) is 9.47 Å². The van der Waals surface area contributed by atoms with E-state index < -0.39 is 0 Å². The second kappa shape index (κ2) is 7.46. The fourth-order valence-electron chi connectivity index (χ4n) is 2.85. The molecule has 0 aromatic heterocycles. The third-order valence-corrected chi connectivity index (χ3v) is 5.05. The molecule has 2 atom stereocenters. The smallest absolute Gasteiger partial charge is 0.0809 e. The highest BCUT2D eigenvalue weighted by Gasteiger charge is 2.19. The van der Waals surface area contributed by atoms with Gasteiger partial charge in [0.1, 0.15) is 0 Å². The molecule has 110 valence electrons. The number of hydrogen-bond donors (Lipinski definition) is 1. The van der Waals surface area contributed by atoms with Crippen LogP contribution in [0.1, 0.15) is 30.9 Å². The van der Waals surface area contributed by atoms with Crippen molar-refractivity contribution in [1.82, 2.24) is 5.32 Å². The van der Waals surface area contributed by atoms with Crippen LogP contribution in [0.2, 0.25) is 0 Å². The molecule has 0 bridgehead atoms. The van der Waals surface area contributed by atoms with Gasteiger partial charge in [-0.25, -0.2) is 0 Å². The highest BCUT2D eigenvalue weighted by atomic mass is 32.2. The lowest BCUT2D eigenvalue weighted by Gasteiger charge is -2.26. The summed E-state index contributed by atoms with van der Waals surface area (Å²) in [5.74, 6) is 1.20. The fraction of sp³-hybridized carbons (Fsp3) is 0.625. The van der Waals surface area contributed by atoms with Crippen LogP contribution in [0.4, 0.5) is 0 Å². The molecular weight excluding hydrogens is 270 g/mol. The zero-order valence-electron chi connectivity index (χ0n) is 11.8. The second-order valence-electron chi connectivity index (χ2n) is 5.39. The molecule has 2 heterocycles. The third-order valence-electron chi connectivity index (χ3n) is 3.92. The molecule has 2 aliphatic heterocycles. The SMILES string of the molecule is c1ccc2c(c1)SCC[C@@H]2NCCOC[C@H]1CCCO1. The largest absolute Gasteiger partial charge is 0.377 e. The summed E-state index contributed by atoms with van der Waals surface area (Å²) in [4.78, 5) is 1.43. The van der Waals surface area contributed by atoms with Crippen molar-refractivity contribution in [3.63, 3.8) is 0 Å². The number of thioether (sulfide) groups is 1. The summed E-state index contributed by atoms with van der Waals surface area (Å²) in [5, 5.41) is 3.62. The number of benzene rings is 1. The number of ether oxygens (including phenoxy) is 2. The van der Waals surface area contributed by atoms with Gasteiger partial charge in [-0.3, -0.25) is 0 Å². The van der Waals surface area contributed by atoms with E-state index in [2.05, 4.69) is 29.6 Å². The molecule has 0 aliphatic carbocycles. The van der Waals surface area contributed by atoms with Crippen LogP contribution >= 0.6 is 11.8 Å². The van der Waals surface area contributed by atoms with E-state index in [0.29, 0.717) is 12.1 Å². The molecule has 2 aliphatic rings. The third kappa shape index (κ3) is 3.76. The van der Waals surface area contributed by atoms with Crippen molar-refractivity contribution < 1.29 is 9.47 Å². The van der Waals surface area contributed by atoms with Gasteiger partial charge in [0.25, 0.3) is 0 Å². The van der Waals surface area contributed by atoms with Crippen molar-refractivity contribution >= 4 is 11.8 Å². The molecule has 3 rings (SSSR count). The number of fused-ring (bicyclic) bond motifs is 1. The standard InChI is InChI=1S/C16H23NO2S/c1-2-6-16-14(5-1)15(7-11-20-16)17-8-10-18-12-13-4-3-9-19-13/h1-2,5-6,13,15,17H,3-4,7-12H2/t13-,15+/m1/s1. The Morgan fingerprint density at radius 2 is 2.25 bits per heavy atom. The molecule has 1 N–H and O–H groups in total. The van der Waals surface area contributed by atoms with Gasteiger partial charge < -0.3 is 14.8 Å². The van der Waals surface area contributed by atoms with E-state index in [9.17, 15) is 0 Å². The summed E-state index contributed by atoms with van der Waals surface area (Å²) in [6.07, 6.45) is 3.87. The van der Waals surface area contributed by atoms with E-state index in [1.165, 1.54) is 29.1 Å². The first-order chi connectivity index (χ1) is 9.93. The Morgan fingerprint density at radius 1 is 1.30 bits per heavy atom. The van der Waals surface area contributed by atoms with Crippen molar-refractivity contribution in [2.75, 3.05) is 32.1 Å². The molecule has 20 heavy (non-hydrogen) atoms. The lowest BCUT2D eigenvalue weighted by Crippen LogP contribution is -2.28. The minimum absolute atomic E-state index is 0.335. The van der Waals surface area contributed by atoms with Gasteiger partial charge in [0.2, 0.25) is 0 Å². The summed E-state index contributed by atoms with van der Waals surface area (Å²) < 4.78 is 11.3. The van der Waals surface area contributed by atoms with E-state index >= 15 is 0 Å². The van der Waals surface area contributed by atoms with Crippen LogP contribution in [0.15, 0.2) is 29.2 Å². The molecule has 1 aromatic rings. The average Bonchev–Trinajstić information content (AvgIpc) is 3.00. The Hall–Kier alpha value is -0.550. The minimum Gasteiger partial charge on any atom is -0.377 e. The lowest BCUT2D eigenvalue weighted by molar-refractivity contribution is 0.0178. The maximum Gasteiger partial charge on any atom is 0.0809 e. The van der Waals surface area contributed by atoms with Gasteiger partial charge >= 0.3 is 0 Å². The Morgan fingerprint density at radius 3 is 3.15 bits per heavy atom. The Kier molecular flexibility index (Phi) is 5.36. The first kappa shape index (κ1) is 14.4. The average molecular weight is 293 g/mol. The summed E-state index contributed by atoms with van der Waals surface area (Å²) in [6.45, 7) is 3.34. The molecule has 0 unspecified atom stereocenters. The maximum absolute atomic E-state index is 5.70. The summed E-state index contributed by atoms with van der Waals surface area (Å²) >= 11 is 1.97. The van der Waals surface area contributed by atoms with Crippen LogP contribution < -0.4 is 5.32 Å². The predicted molar refractivity (Wildman–Crippen MR) is 82.3 cm³/mol. The minimum atomic E-state index is 0.335. The molecule has 1 fully saturated rings. The monoisotopic (exact) mass is 293 g/mol. The normalized spacial score (nSPS) is 25.6. The van der Waals surface area contributed by atoms with Gasteiger partial charge in [-0.15, -0.1) is 11.8 Å². The molecule has 0 amide bonds. The molecule has 3 nitrogen and oxygen atoms in total. The predicted octanol–water partition coefficient (Wildman–Crippen LogP) is 3.01. The first-order valence-electron chi connectivity index (χ1n) is 7.58. The Labute approximate surface area is 125 Å². The number of nitrogens with one attached hydrogen (secondary N) is 1. The van der Waals surface area contributed by atoms with Crippen LogP contribution in [-0.4, -0.2) is 38.2 Å². The highest BCUT2D eigenvalue weighted by Crippen LogP contribution is 2.35. The van der Waals surface area contributed by atoms with Crippen molar-refractivity contribution in [3.8, 4) is 0 Å². The topological polar surface area (TPSA) is 30.5 Å². The first-order valence-corrected chi connectivity index (χ1v) is 8.56. The molecule has 0 radical (unpaired) electrons. The number of hydrogen-bond acceptors (Lipinski definition) is 4. The van der Waals surface area contributed by atoms with Crippen molar-refractivity contribution in [2.45, 2.75) is 36.3 Å². The summed E-state index contributed by atoms with van der Waals surface area (Å²) in [7, 11) is 0. The Bertz CT molecular complexity index is 421. The lowest BCUT2D eigenvalue weighted by atomic mass is 10.0. The van der Waals surface area contributed by atoms with Gasteiger partial charge in [0.15, 0.2) is 0 Å². The summed E-state index contributed by atoms with van der Waals surface area (Å²) in [5.41, 5.74) is 1.45. The van der Waals surface area contributed by atoms with Gasteiger partial charge in [-0.1, -0.05) is 18.2 Å². The molecule has 0 saturated carbocycles. The van der Waals surface area contributed by atoms with Crippen LogP contribution in [0.5, 0.6) is 0 Å². The van der Waals surface area contributed by atoms with Gasteiger partial charge in [-0.2, -0.15) is 0 Å². The quantitative estimate of drug-likeness (QED) is 0.817. The Balaban J connectivity index is 1.38. The molecule has 1 aromatic carbocycles. The van der Waals surface area contributed by atoms with Crippen LogP contribution in [0, 0.1) is 0 Å². The molecule has 4 heteroatoms.